The minimum absolute atomic E-state index is 0.177. The highest BCUT2D eigenvalue weighted by Crippen LogP contribution is 2.20. The van der Waals surface area contributed by atoms with Crippen LogP contribution in [0.2, 0.25) is 0 Å². The summed E-state index contributed by atoms with van der Waals surface area (Å²) in [6.07, 6.45) is 1.65. The lowest BCUT2D eigenvalue weighted by Crippen LogP contribution is -2.36. The zero-order valence-electron chi connectivity index (χ0n) is 12.6. The van der Waals surface area contributed by atoms with Crippen LogP contribution in [0, 0.1) is 11.8 Å². The van der Waals surface area contributed by atoms with Crippen LogP contribution in [0.1, 0.15) is 38.0 Å². The fraction of sp³-hybridized carbons (Fsp3) is 0.600. The summed E-state index contributed by atoms with van der Waals surface area (Å²) in [4.78, 5) is 23.4. The first-order valence-corrected chi connectivity index (χ1v) is 8.13. The molecule has 0 spiro atoms. The monoisotopic (exact) mass is 312 g/mol. The van der Waals surface area contributed by atoms with E-state index in [1.165, 1.54) is 0 Å². The first-order valence-electron chi connectivity index (χ1n) is 7.25. The third-order valence-electron chi connectivity index (χ3n) is 3.48. The average Bonchev–Trinajstić information content (AvgIpc) is 2.92. The van der Waals surface area contributed by atoms with Gasteiger partial charge in [0.25, 0.3) is 0 Å². The molecule has 21 heavy (non-hydrogen) atoms. The second kappa shape index (κ2) is 9.39. The zero-order chi connectivity index (χ0) is 15.7. The van der Waals surface area contributed by atoms with Gasteiger partial charge >= 0.3 is 12.0 Å². The topological polar surface area (TPSA) is 78.4 Å². The van der Waals surface area contributed by atoms with Gasteiger partial charge in [0, 0.05) is 17.8 Å². The Kier molecular flexibility index (Phi) is 7.82. The van der Waals surface area contributed by atoms with Gasteiger partial charge in [0.1, 0.15) is 0 Å². The SMILES string of the molecule is CC(C)C(CCNC(=O)NCc1cccs1)CCC(=O)O. The highest BCUT2D eigenvalue weighted by Gasteiger charge is 2.15. The first kappa shape index (κ1) is 17.5. The van der Waals surface area contributed by atoms with E-state index in [-0.39, 0.29) is 12.5 Å². The van der Waals surface area contributed by atoms with Crippen molar-refractivity contribution in [3.8, 4) is 0 Å². The molecule has 0 saturated heterocycles. The van der Waals surface area contributed by atoms with Crippen molar-refractivity contribution in [2.75, 3.05) is 6.54 Å². The van der Waals surface area contributed by atoms with Gasteiger partial charge in [0.15, 0.2) is 0 Å². The number of amides is 2. The van der Waals surface area contributed by atoms with Crippen molar-refractivity contribution >= 4 is 23.3 Å². The lowest BCUT2D eigenvalue weighted by Gasteiger charge is -2.20. The summed E-state index contributed by atoms with van der Waals surface area (Å²) in [5.41, 5.74) is 0. The maximum absolute atomic E-state index is 11.6. The molecule has 0 saturated carbocycles. The quantitative estimate of drug-likeness (QED) is 0.655. The predicted octanol–water partition coefficient (Wildman–Crippen LogP) is 3.07. The van der Waals surface area contributed by atoms with E-state index in [0.29, 0.717) is 31.3 Å². The molecule has 1 atom stereocenters. The number of rotatable bonds is 9. The predicted molar refractivity (Wildman–Crippen MR) is 84.4 cm³/mol. The summed E-state index contributed by atoms with van der Waals surface area (Å²) in [5.74, 6) is -0.0265. The second-order valence-electron chi connectivity index (χ2n) is 5.41. The molecular formula is C15H24N2O3S. The van der Waals surface area contributed by atoms with Crippen molar-refractivity contribution in [1.82, 2.24) is 10.6 Å². The Bertz CT molecular complexity index is 432. The van der Waals surface area contributed by atoms with Crippen molar-refractivity contribution in [1.29, 1.82) is 0 Å². The standard InChI is InChI=1S/C15H24N2O3S/c1-11(2)12(5-6-14(18)19)7-8-16-15(20)17-10-13-4-3-9-21-13/h3-4,9,11-12H,5-8,10H2,1-2H3,(H,18,19)(H2,16,17,20). The number of thiophene rings is 1. The van der Waals surface area contributed by atoms with E-state index in [4.69, 9.17) is 5.11 Å². The highest BCUT2D eigenvalue weighted by atomic mass is 32.1. The lowest BCUT2D eigenvalue weighted by atomic mass is 9.88. The molecule has 0 aromatic carbocycles. The lowest BCUT2D eigenvalue weighted by molar-refractivity contribution is -0.137. The molecule has 0 aliphatic carbocycles. The number of carboxylic acid groups (broad SMARTS) is 1. The van der Waals surface area contributed by atoms with Crippen LogP contribution in [0.3, 0.4) is 0 Å². The number of carbonyl (C=O) groups is 2. The zero-order valence-corrected chi connectivity index (χ0v) is 13.4. The molecule has 1 rings (SSSR count). The van der Waals surface area contributed by atoms with Crippen LogP contribution in [0.4, 0.5) is 4.79 Å². The van der Waals surface area contributed by atoms with Crippen LogP contribution in [-0.4, -0.2) is 23.7 Å². The molecule has 1 aromatic heterocycles. The largest absolute Gasteiger partial charge is 0.481 e. The summed E-state index contributed by atoms with van der Waals surface area (Å²) in [6.45, 7) is 5.28. The Labute approximate surface area is 129 Å². The molecule has 118 valence electrons. The second-order valence-corrected chi connectivity index (χ2v) is 6.45. The Morgan fingerprint density at radius 1 is 1.29 bits per heavy atom. The number of urea groups is 1. The summed E-state index contributed by atoms with van der Waals surface area (Å²) in [5, 5.41) is 16.3. The Morgan fingerprint density at radius 2 is 2.05 bits per heavy atom. The number of carboxylic acids is 1. The first-order chi connectivity index (χ1) is 9.99. The third kappa shape index (κ3) is 7.70. The third-order valence-corrected chi connectivity index (χ3v) is 4.35. The van der Waals surface area contributed by atoms with Gasteiger partial charge in [-0.05, 0) is 36.1 Å². The molecule has 1 aromatic rings. The van der Waals surface area contributed by atoms with E-state index < -0.39 is 5.97 Å². The van der Waals surface area contributed by atoms with E-state index in [9.17, 15) is 9.59 Å². The number of hydrogen-bond donors (Lipinski definition) is 3. The van der Waals surface area contributed by atoms with Gasteiger partial charge in [0.2, 0.25) is 0 Å². The average molecular weight is 312 g/mol. The molecule has 1 heterocycles. The number of hydrogen-bond acceptors (Lipinski definition) is 3. The molecule has 0 radical (unpaired) electrons. The summed E-state index contributed by atoms with van der Waals surface area (Å²) in [6, 6.07) is 3.75. The molecular weight excluding hydrogens is 288 g/mol. The van der Waals surface area contributed by atoms with Gasteiger partial charge in [-0.2, -0.15) is 0 Å². The molecule has 0 aliphatic rings. The van der Waals surface area contributed by atoms with E-state index in [2.05, 4.69) is 24.5 Å². The van der Waals surface area contributed by atoms with Crippen molar-refractivity contribution in [2.24, 2.45) is 11.8 Å². The smallest absolute Gasteiger partial charge is 0.315 e. The Morgan fingerprint density at radius 3 is 2.62 bits per heavy atom. The van der Waals surface area contributed by atoms with Gasteiger partial charge in [-0.25, -0.2) is 4.79 Å². The van der Waals surface area contributed by atoms with Crippen LogP contribution in [0.25, 0.3) is 0 Å². The maximum Gasteiger partial charge on any atom is 0.315 e. The normalized spacial score (nSPS) is 12.1. The summed E-state index contributed by atoms with van der Waals surface area (Å²) < 4.78 is 0. The molecule has 5 nitrogen and oxygen atoms in total. The van der Waals surface area contributed by atoms with Crippen LogP contribution in [0.5, 0.6) is 0 Å². The van der Waals surface area contributed by atoms with E-state index in [0.717, 1.165) is 11.3 Å². The summed E-state index contributed by atoms with van der Waals surface area (Å²) in [7, 11) is 0. The number of carbonyl (C=O) groups excluding carboxylic acids is 1. The number of nitrogens with one attached hydrogen (secondary N) is 2. The Hall–Kier alpha value is -1.56. The van der Waals surface area contributed by atoms with Crippen LogP contribution >= 0.6 is 11.3 Å². The van der Waals surface area contributed by atoms with Crippen molar-refractivity contribution in [3.05, 3.63) is 22.4 Å². The molecule has 0 fully saturated rings. The fourth-order valence-electron chi connectivity index (χ4n) is 2.13. The number of aliphatic carboxylic acids is 1. The molecule has 0 aliphatic heterocycles. The van der Waals surface area contributed by atoms with Gasteiger partial charge in [-0.3, -0.25) is 4.79 Å². The van der Waals surface area contributed by atoms with Gasteiger partial charge < -0.3 is 15.7 Å². The van der Waals surface area contributed by atoms with Gasteiger partial charge in [0.05, 0.1) is 6.54 Å². The van der Waals surface area contributed by atoms with Crippen molar-refractivity contribution in [2.45, 2.75) is 39.7 Å². The minimum Gasteiger partial charge on any atom is -0.481 e. The molecule has 3 N–H and O–H groups in total. The minimum atomic E-state index is -0.762. The van der Waals surface area contributed by atoms with Gasteiger partial charge in [-0.15, -0.1) is 11.3 Å². The fourth-order valence-corrected chi connectivity index (χ4v) is 2.78. The van der Waals surface area contributed by atoms with E-state index in [1.807, 2.05) is 17.5 Å². The maximum atomic E-state index is 11.6. The molecule has 0 bridgehead atoms. The molecule has 6 heteroatoms. The van der Waals surface area contributed by atoms with Crippen molar-refractivity contribution < 1.29 is 14.7 Å². The summed E-state index contributed by atoms with van der Waals surface area (Å²) >= 11 is 1.61. The van der Waals surface area contributed by atoms with E-state index in [1.54, 1.807) is 11.3 Å². The molecule has 2 amide bonds. The Balaban J connectivity index is 2.20. The molecule has 1 unspecified atom stereocenters. The van der Waals surface area contributed by atoms with Crippen molar-refractivity contribution in [3.63, 3.8) is 0 Å². The highest BCUT2D eigenvalue weighted by molar-refractivity contribution is 7.09. The van der Waals surface area contributed by atoms with Crippen LogP contribution in [0.15, 0.2) is 17.5 Å². The van der Waals surface area contributed by atoms with E-state index >= 15 is 0 Å². The van der Waals surface area contributed by atoms with Gasteiger partial charge in [-0.1, -0.05) is 19.9 Å². The van der Waals surface area contributed by atoms with Crippen LogP contribution < -0.4 is 10.6 Å². The van der Waals surface area contributed by atoms with Crippen LogP contribution in [-0.2, 0) is 11.3 Å².